The second kappa shape index (κ2) is 5.45. The molecule has 2 rings (SSSR count). The van der Waals surface area contributed by atoms with Crippen LogP contribution < -0.4 is 10.5 Å². The van der Waals surface area contributed by atoms with Gasteiger partial charge in [-0.25, -0.2) is 8.78 Å². The van der Waals surface area contributed by atoms with E-state index in [0.717, 1.165) is 0 Å². The van der Waals surface area contributed by atoms with Gasteiger partial charge in [-0.2, -0.15) is 0 Å². The highest BCUT2D eigenvalue weighted by Gasteiger charge is 2.09. The lowest BCUT2D eigenvalue weighted by atomic mass is 10.2. The van der Waals surface area contributed by atoms with E-state index in [0.29, 0.717) is 21.8 Å². The lowest BCUT2D eigenvalue weighted by molar-refractivity contribution is 0.289. The van der Waals surface area contributed by atoms with Crippen molar-refractivity contribution in [1.29, 1.82) is 0 Å². The maximum absolute atomic E-state index is 13.6. The van der Waals surface area contributed by atoms with Gasteiger partial charge in [0.05, 0.1) is 0 Å². The van der Waals surface area contributed by atoms with Gasteiger partial charge in [-0.3, -0.25) is 0 Å². The van der Waals surface area contributed by atoms with Crippen molar-refractivity contribution < 1.29 is 13.5 Å². The average molecular weight is 284 g/mol. The molecule has 0 aromatic heterocycles. The fourth-order valence-corrected chi connectivity index (χ4v) is 1.76. The Morgan fingerprint density at radius 1 is 1.21 bits per heavy atom. The van der Waals surface area contributed by atoms with Crippen molar-refractivity contribution in [3.8, 4) is 5.75 Å². The van der Waals surface area contributed by atoms with Crippen molar-refractivity contribution >= 4 is 17.3 Å². The molecule has 5 heteroatoms. The van der Waals surface area contributed by atoms with Crippen LogP contribution in [0, 0.1) is 18.6 Å². The van der Waals surface area contributed by atoms with Crippen LogP contribution in [0.2, 0.25) is 5.02 Å². The van der Waals surface area contributed by atoms with Crippen LogP contribution >= 0.6 is 11.6 Å². The average Bonchev–Trinajstić information content (AvgIpc) is 2.36. The topological polar surface area (TPSA) is 35.2 Å². The number of nitrogen functional groups attached to an aromatic ring is 1. The van der Waals surface area contributed by atoms with E-state index in [9.17, 15) is 8.78 Å². The Hall–Kier alpha value is -1.81. The molecule has 0 heterocycles. The number of halogens is 3. The third kappa shape index (κ3) is 3.15. The van der Waals surface area contributed by atoms with E-state index < -0.39 is 11.6 Å². The van der Waals surface area contributed by atoms with Gasteiger partial charge < -0.3 is 10.5 Å². The van der Waals surface area contributed by atoms with Gasteiger partial charge in [-0.05, 0) is 36.8 Å². The fraction of sp³-hybridized carbons (Fsp3) is 0.143. The van der Waals surface area contributed by atoms with Crippen molar-refractivity contribution in [3.63, 3.8) is 0 Å². The van der Waals surface area contributed by atoms with E-state index >= 15 is 0 Å². The minimum absolute atomic E-state index is 0.0170. The van der Waals surface area contributed by atoms with Gasteiger partial charge in [0.2, 0.25) is 0 Å². The van der Waals surface area contributed by atoms with Crippen LogP contribution in [-0.2, 0) is 6.61 Å². The van der Waals surface area contributed by atoms with E-state index in [1.54, 1.807) is 6.92 Å². The molecule has 2 aromatic rings. The van der Waals surface area contributed by atoms with Crippen LogP contribution in [0.1, 0.15) is 11.1 Å². The van der Waals surface area contributed by atoms with E-state index in [1.807, 2.05) is 0 Å². The van der Waals surface area contributed by atoms with Crippen LogP contribution in [0.15, 0.2) is 30.3 Å². The summed E-state index contributed by atoms with van der Waals surface area (Å²) >= 11 is 5.90. The van der Waals surface area contributed by atoms with Crippen molar-refractivity contribution in [2.24, 2.45) is 0 Å². The Morgan fingerprint density at radius 2 is 1.95 bits per heavy atom. The first-order valence-corrected chi connectivity index (χ1v) is 5.97. The van der Waals surface area contributed by atoms with Crippen LogP contribution in [-0.4, -0.2) is 0 Å². The monoisotopic (exact) mass is 283 g/mol. The van der Waals surface area contributed by atoms with E-state index in [2.05, 4.69) is 0 Å². The molecule has 19 heavy (non-hydrogen) atoms. The van der Waals surface area contributed by atoms with Gasteiger partial charge in [0.25, 0.3) is 0 Å². The minimum Gasteiger partial charge on any atom is -0.486 e. The summed E-state index contributed by atoms with van der Waals surface area (Å²) in [4.78, 5) is 0. The molecule has 0 bridgehead atoms. The Labute approximate surface area is 114 Å². The smallest absolute Gasteiger partial charge is 0.167 e. The highest BCUT2D eigenvalue weighted by molar-refractivity contribution is 6.31. The third-order valence-corrected chi connectivity index (χ3v) is 3.08. The first-order chi connectivity index (χ1) is 8.97. The van der Waals surface area contributed by atoms with Gasteiger partial charge in [0.1, 0.15) is 12.4 Å². The lowest BCUT2D eigenvalue weighted by Crippen LogP contribution is -2.00. The molecule has 0 aliphatic rings. The maximum atomic E-state index is 13.6. The summed E-state index contributed by atoms with van der Waals surface area (Å²) in [6, 6.07) is 6.63. The van der Waals surface area contributed by atoms with Crippen molar-refractivity contribution in [2.45, 2.75) is 13.5 Å². The summed E-state index contributed by atoms with van der Waals surface area (Å²) in [6.07, 6.45) is 0. The Kier molecular flexibility index (Phi) is 3.90. The molecule has 0 radical (unpaired) electrons. The number of aryl methyl sites for hydroxylation is 1. The molecule has 2 aromatic carbocycles. The quantitative estimate of drug-likeness (QED) is 0.861. The number of ether oxygens (including phenoxy) is 1. The molecule has 2 nitrogen and oxygen atoms in total. The van der Waals surface area contributed by atoms with E-state index in [1.165, 1.54) is 30.3 Å². The number of rotatable bonds is 3. The molecule has 0 saturated heterocycles. The lowest BCUT2D eigenvalue weighted by Gasteiger charge is -2.10. The molecule has 100 valence electrons. The summed E-state index contributed by atoms with van der Waals surface area (Å²) in [5.41, 5.74) is 7.09. The number of benzene rings is 2. The molecule has 0 amide bonds. The van der Waals surface area contributed by atoms with Gasteiger partial charge in [0, 0.05) is 22.3 Å². The van der Waals surface area contributed by atoms with Gasteiger partial charge in [0.15, 0.2) is 11.6 Å². The molecular weight excluding hydrogens is 272 g/mol. The Balaban J connectivity index is 2.19. The molecule has 0 aliphatic carbocycles. The molecule has 0 fully saturated rings. The maximum Gasteiger partial charge on any atom is 0.167 e. The number of hydrogen-bond acceptors (Lipinski definition) is 2. The van der Waals surface area contributed by atoms with E-state index in [4.69, 9.17) is 22.1 Å². The summed E-state index contributed by atoms with van der Waals surface area (Å²) in [5.74, 6) is -0.917. The molecule has 0 unspecified atom stereocenters. The van der Waals surface area contributed by atoms with Crippen LogP contribution in [0.4, 0.5) is 14.5 Å². The molecule has 0 atom stereocenters. The summed E-state index contributed by atoms with van der Waals surface area (Å²) in [5, 5.41) is 0.369. The zero-order chi connectivity index (χ0) is 14.0. The second-order valence-electron chi connectivity index (χ2n) is 4.16. The van der Waals surface area contributed by atoms with Crippen molar-refractivity contribution in [2.75, 3.05) is 5.73 Å². The van der Waals surface area contributed by atoms with Gasteiger partial charge in [-0.15, -0.1) is 0 Å². The summed E-state index contributed by atoms with van der Waals surface area (Å²) in [6.45, 7) is 1.73. The third-order valence-electron chi connectivity index (χ3n) is 2.71. The van der Waals surface area contributed by atoms with Crippen LogP contribution in [0.5, 0.6) is 5.75 Å². The van der Waals surface area contributed by atoms with Crippen molar-refractivity contribution in [1.82, 2.24) is 0 Å². The fourth-order valence-electron chi connectivity index (χ4n) is 1.59. The van der Waals surface area contributed by atoms with Gasteiger partial charge >= 0.3 is 0 Å². The number of hydrogen-bond donors (Lipinski definition) is 1. The molecular formula is C14H12ClF2NO. The zero-order valence-corrected chi connectivity index (χ0v) is 11.0. The standard InChI is InChI=1S/C14H12ClF2NO/c1-8-4-14(12(17)6-13(8)18)19-7-9-5-10(16)2-3-11(9)15/h2-6H,7,18H2,1H3. The highest BCUT2D eigenvalue weighted by Crippen LogP contribution is 2.25. The predicted octanol–water partition coefficient (Wildman–Crippen LogP) is 4.09. The first kappa shape index (κ1) is 13.6. The minimum atomic E-state index is -0.560. The van der Waals surface area contributed by atoms with E-state index in [-0.39, 0.29) is 12.4 Å². The number of anilines is 1. The Bertz CT molecular complexity index is 617. The summed E-state index contributed by atoms with van der Waals surface area (Å²) < 4.78 is 32.0. The molecule has 0 saturated carbocycles. The molecule has 0 aliphatic heterocycles. The van der Waals surface area contributed by atoms with Crippen LogP contribution in [0.3, 0.4) is 0 Å². The predicted molar refractivity (Wildman–Crippen MR) is 71.3 cm³/mol. The molecule has 2 N–H and O–H groups in total. The second-order valence-corrected chi connectivity index (χ2v) is 4.57. The van der Waals surface area contributed by atoms with Gasteiger partial charge in [-0.1, -0.05) is 11.6 Å². The highest BCUT2D eigenvalue weighted by atomic mass is 35.5. The largest absolute Gasteiger partial charge is 0.486 e. The Morgan fingerprint density at radius 3 is 2.68 bits per heavy atom. The van der Waals surface area contributed by atoms with Crippen LogP contribution in [0.25, 0.3) is 0 Å². The SMILES string of the molecule is Cc1cc(OCc2cc(F)ccc2Cl)c(F)cc1N. The molecule has 0 spiro atoms. The normalized spacial score (nSPS) is 10.5. The first-order valence-electron chi connectivity index (χ1n) is 5.59. The zero-order valence-electron chi connectivity index (χ0n) is 10.2. The summed E-state index contributed by atoms with van der Waals surface area (Å²) in [7, 11) is 0. The van der Waals surface area contributed by atoms with Crippen molar-refractivity contribution in [3.05, 3.63) is 58.1 Å². The number of nitrogens with two attached hydrogens (primary N) is 1.